The molecule has 522 valence electrons. The van der Waals surface area contributed by atoms with E-state index < -0.39 is 71.5 Å². The smallest absolute Gasteiger partial charge is 0.408 e. The van der Waals surface area contributed by atoms with Gasteiger partial charge in [-0.05, 0) is 156 Å². The van der Waals surface area contributed by atoms with Gasteiger partial charge in [0.25, 0.3) is 23.6 Å². The lowest BCUT2D eigenvalue weighted by Crippen LogP contribution is -2.41. The highest BCUT2D eigenvalue weighted by molar-refractivity contribution is 6.08. The number of methoxy groups -OCH3 is 2. The molecule has 0 spiro atoms. The van der Waals surface area contributed by atoms with Crippen LogP contribution >= 0.6 is 0 Å². The quantitative estimate of drug-likeness (QED) is 0.0131. The summed E-state index contributed by atoms with van der Waals surface area (Å²) < 4.78 is 47.6. The normalized spacial score (nSPS) is 12.6. The highest BCUT2D eigenvalue weighted by Crippen LogP contribution is 2.30. The van der Waals surface area contributed by atoms with Gasteiger partial charge in [0.1, 0.15) is 36.9 Å². The number of carbonyl (C=O) groups is 10. The Morgan fingerprint density at radius 3 is 1.02 bits per heavy atom. The van der Waals surface area contributed by atoms with Crippen LogP contribution in [-0.2, 0) is 103 Å². The van der Waals surface area contributed by atoms with Crippen molar-refractivity contribution in [3.8, 4) is 0 Å². The molecule has 6 N–H and O–H groups in total. The van der Waals surface area contributed by atoms with Crippen LogP contribution in [0.4, 0.5) is 18.4 Å². The largest absolute Gasteiger partial charge is 0.467 e. The Bertz CT molecular complexity index is 3790. The summed E-state index contributed by atoms with van der Waals surface area (Å²) in [4.78, 5) is 138. The van der Waals surface area contributed by atoms with Crippen LogP contribution in [-0.4, -0.2) is 122 Å². The summed E-state index contributed by atoms with van der Waals surface area (Å²) >= 11 is 0. The number of hydrogen-bond donors (Lipinski definition) is 6. The number of hydrogen-bond acceptors (Lipinski definition) is 14. The number of rotatable bonds is 32. The van der Waals surface area contributed by atoms with E-state index in [0.29, 0.717) is 71.9 Å². The summed E-state index contributed by atoms with van der Waals surface area (Å²) in [6, 6.07) is 41.5. The van der Waals surface area contributed by atoms with Gasteiger partial charge in [0.15, 0.2) is 0 Å². The fourth-order valence-corrected chi connectivity index (χ4v) is 11.6. The van der Waals surface area contributed by atoms with Crippen LogP contribution in [0.1, 0.15) is 136 Å². The standard InChI is InChI=1S/C76H80F2N8O14/c1-97-73(93)65(83-75(95)99-47-53-13-5-3-6-14-53)17-9-11-33-79-69(89)61-39-55-43-85(45-57(55)41-63(61)71(91)81-35-31-49-23-27-59(77)28-24-49)67(87)37-51-19-21-52(22-20-51)38-68(88)86-44-56-40-62(64(42-58(56)46-86)72(92)82-36-32-50-25-29-60(78)30-26-50)70(90)80-34-12-10-18-66(74(94)98-2)84-76(96)100-48-54-15-7-4-8-16-54/h3-8,13-16,19-30,39-42,65-66H,9-12,17-18,31-38,43-48H2,1-2H3,(H,79,89)(H,80,90)(H,81,91)(H,82,92)(H,83,95)(H,84,96)/t65-,66-/m0/s1. The predicted octanol–water partition coefficient (Wildman–Crippen LogP) is 8.82. The average Bonchev–Trinajstić information content (AvgIpc) is 1.64. The minimum absolute atomic E-state index is 0.00286. The third kappa shape index (κ3) is 21.3. The number of nitrogens with one attached hydrogen (secondary N) is 6. The maximum absolute atomic E-state index is 14.0. The van der Waals surface area contributed by atoms with Gasteiger partial charge in [-0.25, -0.2) is 28.0 Å². The lowest BCUT2D eigenvalue weighted by molar-refractivity contribution is -0.144. The summed E-state index contributed by atoms with van der Waals surface area (Å²) in [5.41, 5.74) is 7.55. The molecule has 0 radical (unpaired) electrons. The summed E-state index contributed by atoms with van der Waals surface area (Å²) in [6.45, 7) is 1.33. The molecule has 0 bridgehead atoms. The van der Waals surface area contributed by atoms with Crippen LogP contribution in [0.25, 0.3) is 0 Å². The Kier molecular flexibility index (Phi) is 26.5. The summed E-state index contributed by atoms with van der Waals surface area (Å²) in [5.74, 6) is -4.67. The summed E-state index contributed by atoms with van der Waals surface area (Å²) in [7, 11) is 2.42. The van der Waals surface area contributed by atoms with E-state index >= 15 is 0 Å². The van der Waals surface area contributed by atoms with Gasteiger partial charge >= 0.3 is 24.1 Å². The van der Waals surface area contributed by atoms with E-state index in [0.717, 1.165) is 22.3 Å². The first kappa shape index (κ1) is 73.0. The first-order valence-corrected chi connectivity index (χ1v) is 33.1. The van der Waals surface area contributed by atoms with Crippen molar-refractivity contribution >= 4 is 59.6 Å². The minimum Gasteiger partial charge on any atom is -0.467 e. The fraction of sp³-hybridized carbons (Fsp3) is 0.316. The molecule has 8 amide bonds. The number of ether oxygens (including phenoxy) is 4. The molecule has 0 unspecified atom stereocenters. The van der Waals surface area contributed by atoms with Crippen molar-refractivity contribution in [3.63, 3.8) is 0 Å². The molecule has 0 saturated heterocycles. The third-order valence-corrected chi connectivity index (χ3v) is 17.2. The van der Waals surface area contributed by atoms with Crippen LogP contribution in [0.15, 0.2) is 158 Å². The molecule has 0 fully saturated rings. The van der Waals surface area contributed by atoms with Crippen LogP contribution < -0.4 is 31.9 Å². The van der Waals surface area contributed by atoms with Gasteiger partial charge < -0.3 is 60.6 Å². The molecule has 2 aliphatic rings. The first-order valence-electron chi connectivity index (χ1n) is 33.1. The predicted molar refractivity (Wildman–Crippen MR) is 364 cm³/mol. The molecule has 9 rings (SSSR count). The Morgan fingerprint density at radius 1 is 0.390 bits per heavy atom. The zero-order valence-electron chi connectivity index (χ0n) is 55.7. The van der Waals surface area contributed by atoms with E-state index in [1.54, 1.807) is 107 Å². The maximum Gasteiger partial charge on any atom is 0.408 e. The second-order valence-electron chi connectivity index (χ2n) is 24.3. The zero-order valence-corrected chi connectivity index (χ0v) is 55.7. The highest BCUT2D eigenvalue weighted by atomic mass is 19.1. The van der Waals surface area contributed by atoms with Crippen LogP contribution in [0, 0.1) is 11.6 Å². The number of unbranched alkanes of at least 4 members (excludes halogenated alkanes) is 2. The molecule has 24 heteroatoms. The number of esters is 2. The Hall–Kier alpha value is -11.3. The molecule has 0 aliphatic carbocycles. The van der Waals surface area contributed by atoms with Crippen molar-refractivity contribution in [2.75, 3.05) is 40.4 Å². The minimum atomic E-state index is -1.00. The second kappa shape index (κ2) is 36.3. The maximum atomic E-state index is 14.0. The lowest BCUT2D eigenvalue weighted by Gasteiger charge is -2.17. The first-order chi connectivity index (χ1) is 48.4. The number of nitrogens with zero attached hydrogens (tertiary/aromatic N) is 2. The van der Waals surface area contributed by atoms with Gasteiger partial charge in [0.2, 0.25) is 11.8 Å². The van der Waals surface area contributed by atoms with Crippen molar-refractivity contribution in [2.24, 2.45) is 0 Å². The third-order valence-electron chi connectivity index (χ3n) is 17.2. The van der Waals surface area contributed by atoms with Gasteiger partial charge in [-0.3, -0.25) is 28.8 Å². The molecule has 22 nitrogen and oxygen atoms in total. The van der Waals surface area contributed by atoms with E-state index in [1.165, 1.54) is 38.5 Å². The number of benzene rings is 7. The van der Waals surface area contributed by atoms with E-state index in [2.05, 4.69) is 31.9 Å². The number of alkyl carbamates (subject to hydrolysis) is 2. The van der Waals surface area contributed by atoms with Gasteiger partial charge in [0, 0.05) is 52.4 Å². The Morgan fingerprint density at radius 2 is 0.700 bits per heavy atom. The van der Waals surface area contributed by atoms with Gasteiger partial charge in [-0.1, -0.05) is 109 Å². The van der Waals surface area contributed by atoms with E-state index in [1.807, 2.05) is 36.4 Å². The number of halogens is 2. The highest BCUT2D eigenvalue weighted by Gasteiger charge is 2.31. The molecule has 0 aromatic heterocycles. The van der Waals surface area contributed by atoms with Gasteiger partial charge in [0.05, 0.1) is 49.3 Å². The summed E-state index contributed by atoms with van der Waals surface area (Å²) in [6.07, 6.45) is 1.14. The van der Waals surface area contributed by atoms with Crippen molar-refractivity contribution in [3.05, 3.63) is 247 Å². The fourth-order valence-electron chi connectivity index (χ4n) is 11.6. The second-order valence-corrected chi connectivity index (χ2v) is 24.3. The molecule has 0 saturated carbocycles. The molecule has 2 aliphatic heterocycles. The summed E-state index contributed by atoms with van der Waals surface area (Å²) in [5, 5.41) is 16.6. The van der Waals surface area contributed by atoms with Gasteiger partial charge in [-0.2, -0.15) is 0 Å². The Labute approximate surface area is 577 Å². The molecule has 7 aromatic rings. The van der Waals surface area contributed by atoms with Crippen molar-refractivity contribution in [1.29, 1.82) is 0 Å². The molecule has 7 aromatic carbocycles. The van der Waals surface area contributed by atoms with Crippen LogP contribution in [0.2, 0.25) is 0 Å². The molecular formula is C76H80F2N8O14. The number of amides is 8. The van der Waals surface area contributed by atoms with Crippen molar-refractivity contribution in [1.82, 2.24) is 41.7 Å². The molecule has 2 atom stereocenters. The topological polar surface area (TPSA) is 286 Å². The number of carbonyl (C=O) groups excluding carboxylic acids is 10. The van der Waals surface area contributed by atoms with Crippen molar-refractivity contribution in [2.45, 2.75) is 116 Å². The zero-order chi connectivity index (χ0) is 70.9. The SMILES string of the molecule is COC(=O)[C@H](CCCCNC(=O)c1cc2c(cc1C(=O)NCCc1ccc(F)cc1)CN(C(=O)Cc1ccc(CC(=O)N3Cc4cc(C(=O)NCCCC[C@H](NC(=O)OCc5ccccc5)C(=O)OC)c(C(=O)NCCc5ccc(F)cc5)cc4C3)cc1)C2)NC(=O)OCc1ccccc1. The number of fused-ring (bicyclic) bond motifs is 2. The van der Waals surface area contributed by atoms with Crippen LogP contribution in [0.5, 0.6) is 0 Å². The monoisotopic (exact) mass is 1370 g/mol. The van der Waals surface area contributed by atoms with E-state index in [4.69, 9.17) is 18.9 Å². The Balaban J connectivity index is 0.787. The molecule has 2 heterocycles. The lowest BCUT2D eigenvalue weighted by atomic mass is 9.98. The van der Waals surface area contributed by atoms with Crippen molar-refractivity contribution < 1.29 is 75.7 Å². The average molecular weight is 1370 g/mol. The molecular weight excluding hydrogens is 1290 g/mol. The van der Waals surface area contributed by atoms with Gasteiger partial charge in [-0.15, -0.1) is 0 Å². The van der Waals surface area contributed by atoms with E-state index in [9.17, 15) is 56.7 Å². The van der Waals surface area contributed by atoms with Crippen LogP contribution in [0.3, 0.4) is 0 Å². The van der Waals surface area contributed by atoms with E-state index in [-0.39, 0.29) is 125 Å². The molecule has 100 heavy (non-hydrogen) atoms.